The Morgan fingerprint density at radius 1 is 1.54 bits per heavy atom. The third-order valence-corrected chi connectivity index (χ3v) is 3.35. The first kappa shape index (κ1) is 8.98. The maximum atomic E-state index is 10.1. The third-order valence-electron chi connectivity index (χ3n) is 3.35. The van der Waals surface area contributed by atoms with Crippen LogP contribution in [-0.2, 0) is 0 Å². The molecule has 0 spiro atoms. The van der Waals surface area contributed by atoms with Crippen LogP contribution in [0.2, 0.25) is 0 Å². The molecule has 0 aromatic rings. The highest BCUT2D eigenvalue weighted by Gasteiger charge is 2.39. The molecule has 0 aromatic carbocycles. The Bertz CT molecular complexity index is 236. The van der Waals surface area contributed by atoms with Gasteiger partial charge >= 0.3 is 0 Å². The molecular formula is C10H16N2O. The molecule has 3 nitrogen and oxygen atoms in total. The van der Waals surface area contributed by atoms with Crippen LogP contribution >= 0.6 is 0 Å². The van der Waals surface area contributed by atoms with Gasteiger partial charge in [0.2, 0.25) is 0 Å². The molecule has 2 atom stereocenters. The molecule has 1 N–H and O–H groups in total. The normalized spacial score (nSPS) is 39.8. The third kappa shape index (κ3) is 1.70. The van der Waals surface area contributed by atoms with E-state index in [1.807, 2.05) is 0 Å². The molecule has 13 heavy (non-hydrogen) atoms. The zero-order valence-corrected chi connectivity index (χ0v) is 7.87. The van der Waals surface area contributed by atoms with Gasteiger partial charge in [-0.3, -0.25) is 4.90 Å². The van der Waals surface area contributed by atoms with E-state index in [1.165, 1.54) is 12.8 Å². The van der Waals surface area contributed by atoms with Crippen molar-refractivity contribution in [3.63, 3.8) is 0 Å². The summed E-state index contributed by atoms with van der Waals surface area (Å²) >= 11 is 0. The monoisotopic (exact) mass is 180 g/mol. The molecule has 0 aliphatic carbocycles. The second kappa shape index (κ2) is 3.28. The molecule has 2 saturated heterocycles. The summed E-state index contributed by atoms with van der Waals surface area (Å²) in [6.07, 6.45) is 4.64. The predicted octanol–water partition coefficient (Wildman–Crippen LogP) is 0.889. The van der Waals surface area contributed by atoms with Crippen molar-refractivity contribution >= 4 is 0 Å². The van der Waals surface area contributed by atoms with Crippen molar-refractivity contribution in [2.24, 2.45) is 0 Å². The molecule has 0 amide bonds. The fourth-order valence-electron chi connectivity index (χ4n) is 2.44. The first-order chi connectivity index (χ1) is 6.23. The van der Waals surface area contributed by atoms with Gasteiger partial charge in [-0.25, -0.2) is 0 Å². The van der Waals surface area contributed by atoms with Gasteiger partial charge in [0.05, 0.1) is 18.1 Å². The van der Waals surface area contributed by atoms with Gasteiger partial charge in [0, 0.05) is 19.1 Å². The summed E-state index contributed by atoms with van der Waals surface area (Å²) < 4.78 is 0. The molecule has 2 fully saturated rings. The summed E-state index contributed by atoms with van der Waals surface area (Å²) in [5, 5.41) is 18.7. The molecule has 2 aliphatic heterocycles. The molecule has 2 aliphatic rings. The molecular weight excluding hydrogens is 164 g/mol. The second-order valence-electron chi connectivity index (χ2n) is 4.36. The Kier molecular flexibility index (Phi) is 2.27. The van der Waals surface area contributed by atoms with E-state index < -0.39 is 5.60 Å². The Hall–Kier alpha value is -0.590. The zero-order valence-electron chi connectivity index (χ0n) is 7.87. The molecule has 0 bridgehead atoms. The highest BCUT2D eigenvalue weighted by atomic mass is 16.3. The summed E-state index contributed by atoms with van der Waals surface area (Å²) in [5.74, 6) is 0. The van der Waals surface area contributed by atoms with Crippen LogP contribution in [0.25, 0.3) is 0 Å². The average Bonchev–Trinajstić information content (AvgIpc) is 2.16. The van der Waals surface area contributed by atoms with Gasteiger partial charge in [-0.15, -0.1) is 0 Å². The van der Waals surface area contributed by atoms with Crippen molar-refractivity contribution in [1.29, 1.82) is 5.26 Å². The first-order valence-electron chi connectivity index (χ1n) is 5.07. The van der Waals surface area contributed by atoms with Crippen LogP contribution < -0.4 is 0 Å². The van der Waals surface area contributed by atoms with Crippen LogP contribution in [0.4, 0.5) is 0 Å². The topological polar surface area (TPSA) is 47.3 Å². The number of rotatable bonds is 1. The van der Waals surface area contributed by atoms with Gasteiger partial charge in [0.1, 0.15) is 0 Å². The van der Waals surface area contributed by atoms with Crippen molar-refractivity contribution in [1.82, 2.24) is 4.90 Å². The van der Waals surface area contributed by atoms with Gasteiger partial charge in [0.25, 0.3) is 0 Å². The number of nitrogens with zero attached hydrogens (tertiary/aromatic N) is 2. The van der Waals surface area contributed by atoms with Gasteiger partial charge < -0.3 is 5.11 Å². The molecule has 2 unspecified atom stereocenters. The molecule has 3 heteroatoms. The van der Waals surface area contributed by atoms with Gasteiger partial charge in [-0.2, -0.15) is 5.26 Å². The molecule has 0 saturated carbocycles. The van der Waals surface area contributed by atoms with Crippen molar-refractivity contribution in [2.45, 2.75) is 43.7 Å². The molecule has 2 heterocycles. The SMILES string of the molecule is N#CCC1(O)CCCC2CCN2C1. The van der Waals surface area contributed by atoms with E-state index in [0.717, 1.165) is 19.4 Å². The predicted molar refractivity (Wildman–Crippen MR) is 49.0 cm³/mol. The Balaban J connectivity index is 2.01. The Labute approximate surface area is 79.0 Å². The number of hydrogen-bond acceptors (Lipinski definition) is 3. The van der Waals surface area contributed by atoms with E-state index in [-0.39, 0.29) is 6.42 Å². The van der Waals surface area contributed by atoms with Crippen LogP contribution in [0.1, 0.15) is 32.1 Å². The lowest BCUT2D eigenvalue weighted by atomic mass is 9.95. The maximum absolute atomic E-state index is 10.1. The van der Waals surface area contributed by atoms with E-state index in [0.29, 0.717) is 12.6 Å². The van der Waals surface area contributed by atoms with Gasteiger partial charge in [0.15, 0.2) is 0 Å². The van der Waals surface area contributed by atoms with Crippen LogP contribution in [0.3, 0.4) is 0 Å². The highest BCUT2D eigenvalue weighted by molar-refractivity contribution is 4.97. The second-order valence-corrected chi connectivity index (χ2v) is 4.36. The van der Waals surface area contributed by atoms with E-state index >= 15 is 0 Å². The van der Waals surface area contributed by atoms with Crippen molar-refractivity contribution in [3.8, 4) is 6.07 Å². The largest absolute Gasteiger partial charge is 0.387 e. The van der Waals surface area contributed by atoms with Gasteiger partial charge in [-0.1, -0.05) is 0 Å². The number of nitriles is 1. The number of fused-ring (bicyclic) bond motifs is 1. The molecule has 0 aromatic heterocycles. The van der Waals surface area contributed by atoms with Crippen LogP contribution in [0.15, 0.2) is 0 Å². The van der Waals surface area contributed by atoms with Crippen LogP contribution in [0.5, 0.6) is 0 Å². The van der Waals surface area contributed by atoms with E-state index in [9.17, 15) is 5.11 Å². The Morgan fingerprint density at radius 2 is 2.38 bits per heavy atom. The fourth-order valence-corrected chi connectivity index (χ4v) is 2.44. The highest BCUT2D eigenvalue weighted by Crippen LogP contribution is 2.32. The molecule has 72 valence electrons. The zero-order chi connectivity index (χ0) is 9.31. The van der Waals surface area contributed by atoms with E-state index in [1.54, 1.807) is 0 Å². The summed E-state index contributed by atoms with van der Waals surface area (Å²) in [6, 6.07) is 2.79. The molecule has 2 rings (SSSR count). The Morgan fingerprint density at radius 3 is 3.00 bits per heavy atom. The first-order valence-corrected chi connectivity index (χ1v) is 5.07. The quantitative estimate of drug-likeness (QED) is 0.652. The van der Waals surface area contributed by atoms with Crippen molar-refractivity contribution in [3.05, 3.63) is 0 Å². The lowest BCUT2D eigenvalue weighted by molar-refractivity contribution is -0.0214. The van der Waals surface area contributed by atoms with E-state index in [2.05, 4.69) is 11.0 Å². The van der Waals surface area contributed by atoms with Crippen LogP contribution in [-0.4, -0.2) is 34.7 Å². The fraction of sp³-hybridized carbons (Fsp3) is 0.900. The smallest absolute Gasteiger partial charge is 0.0903 e. The molecule has 0 radical (unpaired) electrons. The number of aliphatic hydroxyl groups is 1. The lowest BCUT2D eigenvalue weighted by Gasteiger charge is -2.42. The summed E-state index contributed by atoms with van der Waals surface area (Å²) in [4.78, 5) is 2.32. The average molecular weight is 180 g/mol. The van der Waals surface area contributed by atoms with Crippen LogP contribution in [0, 0.1) is 11.3 Å². The van der Waals surface area contributed by atoms with E-state index in [4.69, 9.17) is 5.26 Å². The minimum Gasteiger partial charge on any atom is -0.387 e. The minimum atomic E-state index is -0.718. The van der Waals surface area contributed by atoms with Crippen molar-refractivity contribution < 1.29 is 5.11 Å². The lowest BCUT2D eigenvalue weighted by Crippen LogP contribution is -2.52. The van der Waals surface area contributed by atoms with Crippen molar-refractivity contribution in [2.75, 3.05) is 13.1 Å². The summed E-state index contributed by atoms with van der Waals surface area (Å²) in [6.45, 7) is 1.82. The standard InChI is InChI=1S/C10H16N2O/c11-6-5-10(13)4-1-2-9-3-7-12(9)8-10/h9,13H,1-5,7-8H2. The summed E-state index contributed by atoms with van der Waals surface area (Å²) in [7, 11) is 0. The summed E-state index contributed by atoms with van der Waals surface area (Å²) in [5.41, 5.74) is -0.718. The number of hydrogen-bond donors (Lipinski definition) is 1. The van der Waals surface area contributed by atoms with Gasteiger partial charge in [-0.05, 0) is 25.7 Å². The maximum Gasteiger partial charge on any atom is 0.0903 e. The minimum absolute atomic E-state index is 0.288.